The first kappa shape index (κ1) is 19.8. The van der Waals surface area contributed by atoms with Crippen molar-refractivity contribution in [3.05, 3.63) is 86.9 Å². The van der Waals surface area contributed by atoms with Crippen molar-refractivity contribution in [2.45, 2.75) is 20.8 Å². The van der Waals surface area contributed by atoms with Crippen molar-refractivity contribution in [1.29, 1.82) is 0 Å². The van der Waals surface area contributed by atoms with Crippen LogP contribution in [0.2, 0.25) is 0 Å². The zero-order valence-electron chi connectivity index (χ0n) is 16.7. The van der Waals surface area contributed by atoms with Gasteiger partial charge in [-0.1, -0.05) is 18.2 Å². The Hall–Kier alpha value is -3.45. The number of nitrogens with zero attached hydrogens (tertiary/aromatic N) is 3. The summed E-state index contributed by atoms with van der Waals surface area (Å²) in [6.45, 7) is 5.87. The van der Waals surface area contributed by atoms with E-state index in [2.05, 4.69) is 9.74 Å². The average Bonchev–Trinajstić information content (AvgIpc) is 3.17. The molecular formula is C23H19N3O3S. The number of amides is 2. The van der Waals surface area contributed by atoms with Gasteiger partial charge >= 0.3 is 0 Å². The molecule has 3 aromatic rings. The van der Waals surface area contributed by atoms with E-state index in [1.807, 2.05) is 39.0 Å². The number of benzene rings is 2. The first-order chi connectivity index (χ1) is 14.4. The topological polar surface area (TPSA) is 71.7 Å². The van der Waals surface area contributed by atoms with Gasteiger partial charge in [0.05, 0.1) is 10.6 Å². The van der Waals surface area contributed by atoms with E-state index in [-0.39, 0.29) is 11.1 Å². The van der Waals surface area contributed by atoms with E-state index in [0.29, 0.717) is 16.3 Å². The predicted octanol–water partition coefficient (Wildman–Crippen LogP) is 6.04. The Morgan fingerprint density at radius 1 is 0.967 bits per heavy atom. The molecule has 1 aromatic heterocycles. The van der Waals surface area contributed by atoms with Gasteiger partial charge in [0.1, 0.15) is 5.69 Å². The Morgan fingerprint density at radius 3 is 2.37 bits per heavy atom. The van der Waals surface area contributed by atoms with Gasteiger partial charge in [-0.3, -0.25) is 9.59 Å². The lowest BCUT2D eigenvalue weighted by Gasteiger charge is -2.13. The van der Waals surface area contributed by atoms with Gasteiger partial charge in [0, 0.05) is 17.1 Å². The Labute approximate surface area is 178 Å². The molecule has 2 aromatic carbocycles. The first-order valence-corrected chi connectivity index (χ1v) is 10.2. The predicted molar refractivity (Wildman–Crippen MR) is 120 cm³/mol. The summed E-state index contributed by atoms with van der Waals surface area (Å²) in [7, 11) is 0. The molecule has 4 rings (SSSR count). The van der Waals surface area contributed by atoms with Crippen LogP contribution in [0.5, 0.6) is 0 Å². The monoisotopic (exact) mass is 417 g/mol. The van der Waals surface area contributed by atoms with Gasteiger partial charge in [0.15, 0.2) is 0 Å². The summed E-state index contributed by atoms with van der Waals surface area (Å²) in [5.41, 5.74) is 5.59. The number of rotatable bonds is 4. The summed E-state index contributed by atoms with van der Waals surface area (Å²) in [5.74, 6) is -0.321. The third kappa shape index (κ3) is 3.37. The van der Waals surface area contributed by atoms with Gasteiger partial charge < -0.3 is 4.57 Å². The van der Waals surface area contributed by atoms with Gasteiger partial charge in [-0.05, 0) is 91.3 Å². The number of carbonyl (C=O) groups is 2. The molecule has 150 valence electrons. The minimum absolute atomic E-state index is 0.306. The lowest BCUT2D eigenvalue weighted by atomic mass is 10.1. The second-order valence-electron chi connectivity index (χ2n) is 7.08. The van der Waals surface area contributed by atoms with Gasteiger partial charge in [-0.2, -0.15) is 0 Å². The minimum Gasteiger partial charge on any atom is -0.318 e. The van der Waals surface area contributed by atoms with Crippen molar-refractivity contribution in [3.63, 3.8) is 0 Å². The summed E-state index contributed by atoms with van der Waals surface area (Å²) in [5, 5.41) is 2.68. The number of hydrogen-bond donors (Lipinski definition) is 0. The molecule has 6 nitrogen and oxygen atoms in total. The highest BCUT2D eigenvalue weighted by Crippen LogP contribution is 2.36. The molecule has 1 fully saturated rings. The van der Waals surface area contributed by atoms with Crippen molar-refractivity contribution in [2.24, 2.45) is 5.18 Å². The average molecular weight is 417 g/mol. The largest absolute Gasteiger partial charge is 0.318 e. The lowest BCUT2D eigenvalue weighted by Crippen LogP contribution is -2.27. The Morgan fingerprint density at radius 2 is 1.70 bits per heavy atom. The van der Waals surface area contributed by atoms with Crippen LogP contribution >= 0.6 is 11.8 Å². The number of aryl methyl sites for hydroxylation is 2. The van der Waals surface area contributed by atoms with E-state index in [4.69, 9.17) is 0 Å². The Balaban J connectivity index is 1.72. The highest BCUT2D eigenvalue weighted by Gasteiger charge is 2.36. The third-order valence-electron chi connectivity index (χ3n) is 5.09. The molecule has 0 spiro atoms. The highest BCUT2D eigenvalue weighted by molar-refractivity contribution is 8.19. The van der Waals surface area contributed by atoms with Crippen LogP contribution in [0.3, 0.4) is 0 Å². The van der Waals surface area contributed by atoms with E-state index in [0.717, 1.165) is 40.0 Å². The summed E-state index contributed by atoms with van der Waals surface area (Å²) in [6, 6.07) is 16.2. The first-order valence-electron chi connectivity index (χ1n) is 9.37. The number of aromatic nitrogens is 1. The molecule has 0 saturated carbocycles. The molecule has 1 saturated heterocycles. The van der Waals surface area contributed by atoms with Crippen LogP contribution in [-0.4, -0.2) is 15.7 Å². The maximum atomic E-state index is 12.9. The van der Waals surface area contributed by atoms with Crippen molar-refractivity contribution in [3.8, 4) is 5.69 Å². The van der Waals surface area contributed by atoms with E-state index in [9.17, 15) is 14.5 Å². The quantitative estimate of drug-likeness (QED) is 0.383. The Bertz CT molecular complexity index is 1210. The number of thioether (sulfide) groups is 1. The van der Waals surface area contributed by atoms with Crippen molar-refractivity contribution < 1.29 is 9.59 Å². The van der Waals surface area contributed by atoms with E-state index in [1.54, 1.807) is 42.5 Å². The summed E-state index contributed by atoms with van der Waals surface area (Å²) in [6.07, 6.45) is 1.77. The Kier molecular flexibility index (Phi) is 5.13. The van der Waals surface area contributed by atoms with Gasteiger partial charge in [0.2, 0.25) is 0 Å². The maximum absolute atomic E-state index is 12.9. The van der Waals surface area contributed by atoms with Crippen molar-refractivity contribution in [1.82, 2.24) is 4.57 Å². The number of para-hydroxylation sites is 1. The fraction of sp³-hybridized carbons (Fsp3) is 0.130. The fourth-order valence-electron chi connectivity index (χ4n) is 3.66. The molecule has 0 radical (unpaired) electrons. The van der Waals surface area contributed by atoms with Crippen LogP contribution in [0.1, 0.15) is 22.5 Å². The number of hydrogen-bond acceptors (Lipinski definition) is 5. The minimum atomic E-state index is -0.321. The molecule has 1 aliphatic heterocycles. The van der Waals surface area contributed by atoms with Crippen LogP contribution in [0.15, 0.2) is 64.7 Å². The molecular weight excluding hydrogens is 398 g/mol. The van der Waals surface area contributed by atoms with Gasteiger partial charge in [-0.25, -0.2) is 4.90 Å². The molecule has 0 aliphatic carbocycles. The molecule has 2 amide bonds. The molecule has 0 N–H and O–H groups in total. The second-order valence-corrected chi connectivity index (χ2v) is 8.07. The van der Waals surface area contributed by atoms with Crippen LogP contribution in [-0.2, 0) is 4.79 Å². The fourth-order valence-corrected chi connectivity index (χ4v) is 4.49. The lowest BCUT2D eigenvalue weighted by molar-refractivity contribution is -0.113. The molecule has 0 unspecified atom stereocenters. The molecule has 0 bridgehead atoms. The van der Waals surface area contributed by atoms with Crippen molar-refractivity contribution in [2.75, 3.05) is 4.90 Å². The van der Waals surface area contributed by atoms with Gasteiger partial charge in [-0.15, -0.1) is 4.91 Å². The standard InChI is InChI=1S/C23H19N3O3S/c1-14-11-18(24-29)9-10-20(14)25-15(2)12-17(16(25)3)13-21-22(27)26(23(28)30-21)19-7-5-4-6-8-19/h4-13H,1-3H3. The van der Waals surface area contributed by atoms with Crippen molar-refractivity contribution >= 4 is 40.4 Å². The maximum Gasteiger partial charge on any atom is 0.298 e. The summed E-state index contributed by atoms with van der Waals surface area (Å²) in [4.78, 5) is 37.7. The highest BCUT2D eigenvalue weighted by atomic mass is 32.2. The normalized spacial score (nSPS) is 15.3. The second kappa shape index (κ2) is 7.76. The molecule has 1 aliphatic rings. The number of anilines is 1. The zero-order valence-corrected chi connectivity index (χ0v) is 17.6. The molecule has 30 heavy (non-hydrogen) atoms. The number of imide groups is 1. The smallest absolute Gasteiger partial charge is 0.298 e. The van der Waals surface area contributed by atoms with E-state index < -0.39 is 0 Å². The van der Waals surface area contributed by atoms with E-state index in [1.165, 1.54) is 4.90 Å². The SMILES string of the molecule is Cc1cc(N=O)ccc1-n1c(C)cc(C=C2SC(=O)N(c3ccccc3)C2=O)c1C. The number of nitroso groups, excluding NO2 is 1. The zero-order chi connectivity index (χ0) is 21.4. The van der Waals surface area contributed by atoms with Crippen LogP contribution in [0.4, 0.5) is 16.2 Å². The third-order valence-corrected chi connectivity index (χ3v) is 5.96. The summed E-state index contributed by atoms with van der Waals surface area (Å²) < 4.78 is 2.07. The number of carbonyl (C=O) groups excluding carboxylic acids is 2. The van der Waals surface area contributed by atoms with Crippen LogP contribution < -0.4 is 4.90 Å². The molecule has 2 heterocycles. The summed E-state index contributed by atoms with van der Waals surface area (Å²) >= 11 is 0.941. The molecule has 7 heteroatoms. The van der Waals surface area contributed by atoms with Crippen LogP contribution in [0, 0.1) is 25.7 Å². The van der Waals surface area contributed by atoms with E-state index >= 15 is 0 Å². The van der Waals surface area contributed by atoms with Gasteiger partial charge in [0.25, 0.3) is 11.1 Å². The molecule has 0 atom stereocenters. The van der Waals surface area contributed by atoms with Crippen LogP contribution in [0.25, 0.3) is 11.8 Å².